The number of hydrogen-bond acceptors (Lipinski definition) is 2. The number of nitrogens with one attached hydrogen (secondary N) is 1. The molecule has 0 bridgehead atoms. The number of carbonyl (C=O) groups excluding carboxylic acids is 1. The first-order valence-electron chi connectivity index (χ1n) is 6.63. The number of benzene rings is 1. The summed E-state index contributed by atoms with van der Waals surface area (Å²) in [4.78, 5) is 14.1. The molecule has 0 fully saturated rings. The molecule has 21 heavy (non-hydrogen) atoms. The minimum absolute atomic E-state index is 0.134. The zero-order valence-electron chi connectivity index (χ0n) is 12.2. The van der Waals surface area contributed by atoms with Gasteiger partial charge < -0.3 is 4.90 Å². The Bertz CT molecular complexity index is 654. The van der Waals surface area contributed by atoms with Crippen molar-refractivity contribution in [1.29, 1.82) is 0 Å². The van der Waals surface area contributed by atoms with Gasteiger partial charge >= 0.3 is 0 Å². The van der Waals surface area contributed by atoms with E-state index in [1.807, 2.05) is 38.1 Å². The summed E-state index contributed by atoms with van der Waals surface area (Å²) in [7, 11) is 1.75. The van der Waals surface area contributed by atoms with Crippen LogP contribution < -0.4 is 0 Å². The van der Waals surface area contributed by atoms with Crippen LogP contribution in [0.2, 0.25) is 5.02 Å². The number of carbonyl (C=O) groups is 1. The maximum Gasteiger partial charge on any atom is 0.275 e. The van der Waals surface area contributed by atoms with E-state index >= 15 is 0 Å². The van der Waals surface area contributed by atoms with Gasteiger partial charge in [0.2, 0.25) is 0 Å². The number of halogens is 2. The number of aromatic amines is 1. The average Bonchev–Trinajstić information content (AvgIpc) is 2.79. The molecule has 0 radical (unpaired) electrons. The van der Waals surface area contributed by atoms with Crippen LogP contribution in [0.3, 0.4) is 0 Å². The van der Waals surface area contributed by atoms with Crippen molar-refractivity contribution >= 4 is 33.4 Å². The van der Waals surface area contributed by atoms with Crippen molar-refractivity contribution in [2.24, 2.45) is 0 Å². The van der Waals surface area contributed by atoms with Crippen LogP contribution in [0.4, 0.5) is 0 Å². The summed E-state index contributed by atoms with van der Waals surface area (Å²) < 4.78 is 0.737. The first kappa shape index (κ1) is 16.0. The molecule has 6 heteroatoms. The quantitative estimate of drug-likeness (QED) is 0.876. The Morgan fingerprint density at radius 1 is 1.48 bits per heavy atom. The Balaban J connectivity index is 2.16. The van der Waals surface area contributed by atoms with Crippen LogP contribution in [-0.4, -0.2) is 28.1 Å². The monoisotopic (exact) mass is 369 g/mol. The fraction of sp³-hybridized carbons (Fsp3) is 0.333. The third kappa shape index (κ3) is 3.66. The molecule has 1 amide bonds. The van der Waals surface area contributed by atoms with Crippen LogP contribution in [0.15, 0.2) is 28.7 Å². The van der Waals surface area contributed by atoms with E-state index in [1.165, 1.54) is 0 Å². The summed E-state index contributed by atoms with van der Waals surface area (Å²) in [5.74, 6) is 0.136. The highest BCUT2D eigenvalue weighted by Crippen LogP contribution is 2.26. The Morgan fingerprint density at radius 3 is 2.76 bits per heavy atom. The second kappa shape index (κ2) is 6.62. The maximum atomic E-state index is 12.5. The first-order chi connectivity index (χ1) is 9.90. The van der Waals surface area contributed by atoms with Crippen molar-refractivity contribution in [1.82, 2.24) is 15.1 Å². The van der Waals surface area contributed by atoms with Gasteiger partial charge in [-0.05, 0) is 39.5 Å². The molecule has 112 valence electrons. The molecule has 0 saturated carbocycles. The molecule has 1 aromatic carbocycles. The molecular formula is C15H17BrClN3O. The van der Waals surface area contributed by atoms with Crippen LogP contribution in [0.5, 0.6) is 0 Å². The number of nitrogens with zero attached hydrogens (tertiary/aromatic N) is 2. The summed E-state index contributed by atoms with van der Waals surface area (Å²) in [6.07, 6.45) is 0. The molecule has 0 spiro atoms. The molecule has 4 nitrogen and oxygen atoms in total. The van der Waals surface area contributed by atoms with E-state index < -0.39 is 0 Å². The second-order valence-corrected chi connectivity index (χ2v) is 6.48. The largest absolute Gasteiger partial charge is 0.336 e. The predicted octanol–water partition coefficient (Wildman–Crippen LogP) is 4.22. The number of amides is 1. The molecule has 0 saturated heterocycles. The van der Waals surface area contributed by atoms with Crippen LogP contribution in [-0.2, 0) is 6.54 Å². The van der Waals surface area contributed by atoms with Gasteiger partial charge in [-0.2, -0.15) is 5.10 Å². The van der Waals surface area contributed by atoms with Gasteiger partial charge in [-0.1, -0.05) is 37.6 Å². The summed E-state index contributed by atoms with van der Waals surface area (Å²) >= 11 is 9.42. The minimum atomic E-state index is -0.134. The lowest BCUT2D eigenvalue weighted by Gasteiger charge is -2.16. The van der Waals surface area contributed by atoms with Gasteiger partial charge in [0.05, 0.1) is 10.2 Å². The Labute approximate surface area is 137 Å². The van der Waals surface area contributed by atoms with Crippen molar-refractivity contribution in [3.8, 4) is 0 Å². The summed E-state index contributed by atoms with van der Waals surface area (Å²) in [6, 6.07) is 7.47. The van der Waals surface area contributed by atoms with Gasteiger partial charge in [-0.15, -0.1) is 0 Å². The molecule has 1 N–H and O–H groups in total. The zero-order valence-corrected chi connectivity index (χ0v) is 14.5. The fourth-order valence-electron chi connectivity index (χ4n) is 2.03. The zero-order chi connectivity index (χ0) is 15.6. The van der Waals surface area contributed by atoms with Crippen molar-refractivity contribution in [2.45, 2.75) is 26.3 Å². The standard InChI is InChI=1S/C15H17BrClN3O/c1-9(2)13-12(16)14(19-18-13)15(21)20(3)8-10-5-4-6-11(17)7-10/h4-7,9H,8H2,1-3H3,(H,18,19). The lowest BCUT2D eigenvalue weighted by Crippen LogP contribution is -2.26. The van der Waals surface area contributed by atoms with Gasteiger partial charge in [0.15, 0.2) is 5.69 Å². The molecule has 0 aliphatic heterocycles. The Kier molecular flexibility index (Phi) is 5.06. The number of rotatable bonds is 4. The van der Waals surface area contributed by atoms with Gasteiger partial charge in [-0.25, -0.2) is 0 Å². The Morgan fingerprint density at radius 2 is 2.19 bits per heavy atom. The van der Waals surface area contributed by atoms with Crippen LogP contribution in [0.25, 0.3) is 0 Å². The molecular weight excluding hydrogens is 354 g/mol. The van der Waals surface area contributed by atoms with E-state index in [0.29, 0.717) is 17.3 Å². The molecule has 1 heterocycles. The Hall–Kier alpha value is -1.33. The van der Waals surface area contributed by atoms with E-state index in [0.717, 1.165) is 15.7 Å². The number of aromatic nitrogens is 2. The van der Waals surface area contributed by atoms with Gasteiger partial charge in [0, 0.05) is 18.6 Å². The van der Waals surface area contributed by atoms with Crippen molar-refractivity contribution in [3.05, 3.63) is 50.7 Å². The molecule has 0 aliphatic rings. The highest BCUT2D eigenvalue weighted by atomic mass is 79.9. The number of hydrogen-bond donors (Lipinski definition) is 1. The average molecular weight is 371 g/mol. The SMILES string of the molecule is CC(C)c1[nH]nc(C(=O)N(C)Cc2cccc(Cl)c2)c1Br. The third-order valence-electron chi connectivity index (χ3n) is 3.17. The van der Waals surface area contributed by atoms with E-state index in [2.05, 4.69) is 26.1 Å². The first-order valence-corrected chi connectivity index (χ1v) is 7.81. The van der Waals surface area contributed by atoms with Crippen molar-refractivity contribution in [2.75, 3.05) is 7.05 Å². The van der Waals surface area contributed by atoms with Gasteiger partial charge in [0.1, 0.15) is 0 Å². The summed E-state index contributed by atoms with van der Waals surface area (Å²) in [5.41, 5.74) is 2.31. The molecule has 0 unspecified atom stereocenters. The van der Waals surface area contributed by atoms with E-state index in [9.17, 15) is 4.79 Å². The van der Waals surface area contributed by atoms with Gasteiger partial charge in [-0.3, -0.25) is 9.89 Å². The van der Waals surface area contributed by atoms with Crippen LogP contribution in [0.1, 0.15) is 41.5 Å². The lowest BCUT2D eigenvalue weighted by atomic mass is 10.1. The minimum Gasteiger partial charge on any atom is -0.336 e. The third-order valence-corrected chi connectivity index (χ3v) is 4.21. The van der Waals surface area contributed by atoms with Crippen molar-refractivity contribution in [3.63, 3.8) is 0 Å². The molecule has 1 aromatic heterocycles. The van der Waals surface area contributed by atoms with E-state index in [1.54, 1.807) is 11.9 Å². The molecule has 0 aliphatic carbocycles. The normalized spacial score (nSPS) is 11.0. The summed E-state index contributed by atoms with van der Waals surface area (Å²) in [5, 5.41) is 7.71. The van der Waals surface area contributed by atoms with Crippen LogP contribution in [0, 0.1) is 0 Å². The molecule has 0 atom stereocenters. The smallest absolute Gasteiger partial charge is 0.275 e. The number of H-pyrrole nitrogens is 1. The second-order valence-electron chi connectivity index (χ2n) is 5.25. The van der Waals surface area contributed by atoms with Gasteiger partial charge in [0.25, 0.3) is 5.91 Å². The van der Waals surface area contributed by atoms with Crippen LogP contribution >= 0.6 is 27.5 Å². The van der Waals surface area contributed by atoms with E-state index in [-0.39, 0.29) is 11.8 Å². The van der Waals surface area contributed by atoms with E-state index in [4.69, 9.17) is 11.6 Å². The predicted molar refractivity (Wildman–Crippen MR) is 87.6 cm³/mol. The molecule has 2 aromatic rings. The topological polar surface area (TPSA) is 49.0 Å². The highest BCUT2D eigenvalue weighted by molar-refractivity contribution is 9.10. The highest BCUT2D eigenvalue weighted by Gasteiger charge is 2.22. The summed E-state index contributed by atoms with van der Waals surface area (Å²) in [6.45, 7) is 4.57. The molecule has 2 rings (SSSR count). The van der Waals surface area contributed by atoms with Crippen molar-refractivity contribution < 1.29 is 4.79 Å². The fourth-order valence-corrected chi connectivity index (χ4v) is 3.05. The lowest BCUT2D eigenvalue weighted by molar-refractivity contribution is 0.0778. The maximum absolute atomic E-state index is 12.5.